The third-order valence-corrected chi connectivity index (χ3v) is 4.38. The van der Waals surface area contributed by atoms with Gasteiger partial charge in [0.15, 0.2) is 5.78 Å². The van der Waals surface area contributed by atoms with Gasteiger partial charge >= 0.3 is 0 Å². The van der Waals surface area contributed by atoms with Crippen LogP contribution in [0.5, 0.6) is 0 Å². The molecule has 1 aliphatic rings. The maximum atomic E-state index is 12.2. The topological polar surface area (TPSA) is 63.4 Å². The molecule has 2 rings (SSSR count). The summed E-state index contributed by atoms with van der Waals surface area (Å²) in [6.45, 7) is 5.80. The van der Waals surface area contributed by atoms with Crippen LogP contribution in [-0.2, 0) is 11.2 Å². The molecular formula is C19H29ClN2O2. The smallest absolute Gasteiger partial charge is 0.223 e. The maximum Gasteiger partial charge on any atom is 0.223 e. The van der Waals surface area contributed by atoms with E-state index in [4.69, 9.17) is 5.73 Å². The third-order valence-electron chi connectivity index (χ3n) is 4.38. The summed E-state index contributed by atoms with van der Waals surface area (Å²) in [6, 6.07) is 8.00. The van der Waals surface area contributed by atoms with E-state index in [1.165, 1.54) is 5.56 Å². The average molecular weight is 353 g/mol. The largest absolute Gasteiger partial charge is 0.343 e. The van der Waals surface area contributed by atoms with Gasteiger partial charge in [-0.25, -0.2) is 0 Å². The fraction of sp³-hybridized carbons (Fsp3) is 0.579. The number of likely N-dealkylation sites (tertiary alicyclic amines) is 1. The van der Waals surface area contributed by atoms with Crippen LogP contribution >= 0.6 is 12.4 Å². The minimum atomic E-state index is 0. The number of hydrogen-bond donors (Lipinski definition) is 1. The van der Waals surface area contributed by atoms with Crippen molar-refractivity contribution < 1.29 is 9.59 Å². The van der Waals surface area contributed by atoms with Crippen LogP contribution < -0.4 is 5.73 Å². The van der Waals surface area contributed by atoms with Crippen molar-refractivity contribution in [2.75, 3.05) is 13.1 Å². The molecule has 1 aromatic carbocycles. The minimum Gasteiger partial charge on any atom is -0.343 e. The molecule has 0 radical (unpaired) electrons. The van der Waals surface area contributed by atoms with E-state index in [0.717, 1.165) is 32.4 Å². The van der Waals surface area contributed by atoms with Gasteiger partial charge in [0.2, 0.25) is 5.91 Å². The lowest BCUT2D eigenvalue weighted by Gasteiger charge is -2.30. The highest BCUT2D eigenvalue weighted by molar-refractivity contribution is 5.98. The van der Waals surface area contributed by atoms with E-state index in [0.29, 0.717) is 17.9 Å². The molecule has 24 heavy (non-hydrogen) atoms. The summed E-state index contributed by atoms with van der Waals surface area (Å²) in [5, 5.41) is 0. The molecule has 0 unspecified atom stereocenters. The summed E-state index contributed by atoms with van der Waals surface area (Å²) in [7, 11) is 0. The quantitative estimate of drug-likeness (QED) is 0.799. The summed E-state index contributed by atoms with van der Waals surface area (Å²) in [4.78, 5) is 26.2. The average Bonchev–Trinajstić information content (AvgIpc) is 2.53. The molecule has 1 aliphatic heterocycles. The van der Waals surface area contributed by atoms with Crippen molar-refractivity contribution in [3.8, 4) is 0 Å². The van der Waals surface area contributed by atoms with Crippen molar-refractivity contribution in [3.05, 3.63) is 35.4 Å². The summed E-state index contributed by atoms with van der Waals surface area (Å²) in [6.07, 6.45) is 3.31. The monoisotopic (exact) mass is 352 g/mol. The lowest BCUT2D eigenvalue weighted by molar-refractivity contribution is -0.132. The molecule has 1 saturated heterocycles. The lowest BCUT2D eigenvalue weighted by atomic mass is 9.99. The Balaban J connectivity index is 0.00000288. The molecule has 1 fully saturated rings. The number of halogens is 1. The number of ketones is 1. The molecule has 4 nitrogen and oxygen atoms in total. The first kappa shape index (κ1) is 20.7. The second-order valence-electron chi connectivity index (χ2n) is 6.94. The highest BCUT2D eigenvalue weighted by Crippen LogP contribution is 2.14. The molecule has 1 amide bonds. The molecule has 0 spiro atoms. The zero-order chi connectivity index (χ0) is 16.8. The zero-order valence-corrected chi connectivity index (χ0v) is 15.5. The Bertz CT molecular complexity index is 535. The number of carbonyl (C=O) groups excluding carboxylic acids is 2. The van der Waals surface area contributed by atoms with Crippen LogP contribution in [0.25, 0.3) is 0 Å². The van der Waals surface area contributed by atoms with Crippen LogP contribution in [0, 0.1) is 5.92 Å². The molecule has 0 atom stereocenters. The molecule has 0 bridgehead atoms. The van der Waals surface area contributed by atoms with E-state index in [1.54, 1.807) is 0 Å². The fourth-order valence-electron chi connectivity index (χ4n) is 2.97. The predicted molar refractivity (Wildman–Crippen MR) is 99.6 cm³/mol. The number of carbonyl (C=O) groups is 2. The van der Waals surface area contributed by atoms with Gasteiger partial charge in [-0.05, 0) is 30.7 Å². The Morgan fingerprint density at radius 1 is 1.12 bits per heavy atom. The Morgan fingerprint density at radius 3 is 2.25 bits per heavy atom. The van der Waals surface area contributed by atoms with Gasteiger partial charge in [0.05, 0.1) is 0 Å². The van der Waals surface area contributed by atoms with E-state index < -0.39 is 0 Å². The zero-order valence-electron chi connectivity index (χ0n) is 14.7. The van der Waals surface area contributed by atoms with Crippen molar-refractivity contribution in [1.29, 1.82) is 0 Å². The first-order chi connectivity index (χ1) is 11.0. The highest BCUT2D eigenvalue weighted by atomic mass is 35.5. The maximum absolute atomic E-state index is 12.2. The van der Waals surface area contributed by atoms with E-state index in [-0.39, 0.29) is 36.6 Å². The van der Waals surface area contributed by atoms with Gasteiger partial charge in [0.25, 0.3) is 0 Å². The van der Waals surface area contributed by atoms with Gasteiger partial charge in [-0.2, -0.15) is 0 Å². The van der Waals surface area contributed by atoms with Gasteiger partial charge in [0.1, 0.15) is 0 Å². The summed E-state index contributed by atoms with van der Waals surface area (Å²) in [5.41, 5.74) is 7.79. The van der Waals surface area contributed by atoms with Gasteiger partial charge < -0.3 is 10.6 Å². The van der Waals surface area contributed by atoms with Crippen LogP contribution in [0.1, 0.15) is 55.5 Å². The number of nitrogens with zero attached hydrogens (tertiary/aromatic N) is 1. The molecular weight excluding hydrogens is 324 g/mol. The van der Waals surface area contributed by atoms with Gasteiger partial charge in [-0.15, -0.1) is 12.4 Å². The number of rotatable bonds is 6. The number of hydrogen-bond acceptors (Lipinski definition) is 3. The predicted octanol–water partition coefficient (Wildman–Crippen LogP) is 3.22. The van der Waals surface area contributed by atoms with Crippen LogP contribution in [0.3, 0.4) is 0 Å². The van der Waals surface area contributed by atoms with Crippen molar-refractivity contribution in [3.63, 3.8) is 0 Å². The number of piperidine rings is 1. The first-order valence-corrected chi connectivity index (χ1v) is 8.61. The third kappa shape index (κ3) is 6.25. The number of Topliss-reactive ketones (excluding diaryl/α,β-unsaturated/α-hetero) is 1. The van der Waals surface area contributed by atoms with E-state index >= 15 is 0 Å². The Morgan fingerprint density at radius 2 is 1.71 bits per heavy atom. The van der Waals surface area contributed by atoms with Crippen molar-refractivity contribution in [2.45, 2.75) is 52.0 Å². The summed E-state index contributed by atoms with van der Waals surface area (Å²) < 4.78 is 0. The van der Waals surface area contributed by atoms with Crippen LogP contribution in [0.2, 0.25) is 0 Å². The molecule has 2 N–H and O–H groups in total. The normalized spacial score (nSPS) is 15.2. The number of amides is 1. The van der Waals surface area contributed by atoms with Crippen LogP contribution in [0.4, 0.5) is 0 Å². The first-order valence-electron chi connectivity index (χ1n) is 8.61. The number of benzene rings is 1. The fourth-order valence-corrected chi connectivity index (χ4v) is 2.97. The molecule has 0 saturated carbocycles. The molecule has 134 valence electrons. The molecule has 1 heterocycles. The standard InChI is InChI=1S/C19H28N2O2.ClH/c1-14(2)13-15-3-5-16(6-4-15)18(22)7-8-19(23)21-11-9-17(20)10-12-21;/h3-6,14,17H,7-13,20H2,1-2H3;1H. The molecule has 5 heteroatoms. The van der Waals surface area contributed by atoms with Crippen molar-refractivity contribution in [1.82, 2.24) is 4.90 Å². The SMILES string of the molecule is CC(C)Cc1ccc(C(=O)CCC(=O)N2CCC(N)CC2)cc1.Cl. The van der Waals surface area contributed by atoms with Crippen LogP contribution in [-0.4, -0.2) is 35.7 Å². The van der Waals surface area contributed by atoms with E-state index in [9.17, 15) is 9.59 Å². The molecule has 1 aromatic rings. The minimum absolute atomic E-state index is 0. The summed E-state index contributed by atoms with van der Waals surface area (Å²) in [5.74, 6) is 0.719. The van der Waals surface area contributed by atoms with Gasteiger partial charge in [0, 0.05) is 37.5 Å². The van der Waals surface area contributed by atoms with Crippen molar-refractivity contribution >= 4 is 24.1 Å². The highest BCUT2D eigenvalue weighted by Gasteiger charge is 2.21. The second kappa shape index (κ2) is 9.80. The van der Waals surface area contributed by atoms with E-state index in [1.807, 2.05) is 29.2 Å². The molecule has 0 aliphatic carbocycles. The van der Waals surface area contributed by atoms with E-state index in [2.05, 4.69) is 13.8 Å². The summed E-state index contributed by atoms with van der Waals surface area (Å²) >= 11 is 0. The lowest BCUT2D eigenvalue weighted by Crippen LogP contribution is -2.42. The molecule has 0 aromatic heterocycles. The van der Waals surface area contributed by atoms with Crippen LogP contribution in [0.15, 0.2) is 24.3 Å². The second-order valence-corrected chi connectivity index (χ2v) is 6.94. The number of nitrogens with two attached hydrogens (primary N) is 1. The Hall–Kier alpha value is -1.39. The van der Waals surface area contributed by atoms with Gasteiger partial charge in [-0.1, -0.05) is 38.1 Å². The van der Waals surface area contributed by atoms with Crippen molar-refractivity contribution in [2.24, 2.45) is 11.7 Å². The Kier molecular flexibility index (Phi) is 8.43. The Labute approximate surface area is 151 Å². The van der Waals surface area contributed by atoms with Gasteiger partial charge in [-0.3, -0.25) is 9.59 Å².